The second-order valence-corrected chi connectivity index (χ2v) is 8.28. The molecular formula is C28H31N3O2. The summed E-state index contributed by atoms with van der Waals surface area (Å²) in [5, 5.41) is 1.11. The lowest BCUT2D eigenvalue weighted by molar-refractivity contribution is -0.142. The van der Waals surface area contributed by atoms with Crippen LogP contribution in [0.25, 0.3) is 10.9 Å². The maximum atomic E-state index is 12.6. The fourth-order valence-corrected chi connectivity index (χ4v) is 4.03. The minimum atomic E-state index is -0.194. The number of hydrogen-bond acceptors (Lipinski definition) is 4. The van der Waals surface area contributed by atoms with Gasteiger partial charge in [0.05, 0.1) is 13.0 Å². The molecular weight excluding hydrogens is 410 g/mol. The van der Waals surface area contributed by atoms with E-state index in [9.17, 15) is 4.79 Å². The quantitative estimate of drug-likeness (QED) is 0.325. The Morgan fingerprint density at radius 1 is 0.788 bits per heavy atom. The van der Waals surface area contributed by atoms with Crippen molar-refractivity contribution in [2.45, 2.75) is 13.0 Å². The van der Waals surface area contributed by atoms with Gasteiger partial charge in [-0.1, -0.05) is 54.6 Å². The van der Waals surface area contributed by atoms with Crippen molar-refractivity contribution in [3.8, 4) is 0 Å². The first-order chi connectivity index (χ1) is 16.1. The Morgan fingerprint density at radius 3 is 2.03 bits per heavy atom. The number of carbonyl (C=O) groups is 1. The van der Waals surface area contributed by atoms with Crippen molar-refractivity contribution in [3.05, 3.63) is 96.7 Å². The van der Waals surface area contributed by atoms with Gasteiger partial charge in [-0.2, -0.15) is 0 Å². The van der Waals surface area contributed by atoms with Gasteiger partial charge in [-0.25, -0.2) is 0 Å². The number of benzene rings is 3. The maximum Gasteiger partial charge on any atom is 0.310 e. The first kappa shape index (κ1) is 22.5. The van der Waals surface area contributed by atoms with Crippen LogP contribution in [-0.2, 0) is 22.5 Å². The summed E-state index contributed by atoms with van der Waals surface area (Å²) in [6, 6.07) is 28.7. The highest BCUT2D eigenvalue weighted by atomic mass is 16.5. The predicted octanol–water partition coefficient (Wildman–Crippen LogP) is 5.00. The molecule has 0 aliphatic rings. The Bertz CT molecular complexity index is 1170. The number of anilines is 2. The van der Waals surface area contributed by atoms with Gasteiger partial charge in [0, 0.05) is 55.7 Å². The molecule has 1 heterocycles. The molecule has 5 heteroatoms. The van der Waals surface area contributed by atoms with E-state index in [0.29, 0.717) is 13.2 Å². The topological polar surface area (TPSA) is 37.7 Å². The largest absolute Gasteiger partial charge is 0.464 e. The first-order valence-corrected chi connectivity index (χ1v) is 11.4. The van der Waals surface area contributed by atoms with Crippen LogP contribution in [0.2, 0.25) is 0 Å². The molecule has 0 fully saturated rings. The molecule has 0 amide bonds. The number of fused-ring (bicyclic) bond motifs is 1. The van der Waals surface area contributed by atoms with E-state index in [1.165, 1.54) is 5.69 Å². The Kier molecular flexibility index (Phi) is 7.30. The maximum absolute atomic E-state index is 12.6. The third kappa shape index (κ3) is 5.75. The highest BCUT2D eigenvalue weighted by Gasteiger charge is 2.13. The van der Waals surface area contributed by atoms with Crippen LogP contribution in [0, 0.1) is 0 Å². The lowest BCUT2D eigenvalue weighted by Gasteiger charge is -2.19. The van der Waals surface area contributed by atoms with Crippen LogP contribution in [0.5, 0.6) is 0 Å². The molecule has 0 aliphatic carbocycles. The zero-order chi connectivity index (χ0) is 23.0. The van der Waals surface area contributed by atoms with E-state index >= 15 is 0 Å². The molecule has 4 aromatic rings. The molecule has 0 spiro atoms. The van der Waals surface area contributed by atoms with Crippen molar-refractivity contribution >= 4 is 28.2 Å². The minimum absolute atomic E-state index is 0.194. The van der Waals surface area contributed by atoms with Crippen molar-refractivity contribution in [2.24, 2.45) is 0 Å². The van der Waals surface area contributed by atoms with Crippen LogP contribution in [-0.4, -0.2) is 44.3 Å². The second kappa shape index (κ2) is 10.7. The van der Waals surface area contributed by atoms with Gasteiger partial charge in [-0.05, 0) is 35.9 Å². The van der Waals surface area contributed by atoms with E-state index in [-0.39, 0.29) is 12.4 Å². The van der Waals surface area contributed by atoms with Crippen LogP contribution >= 0.6 is 0 Å². The highest BCUT2D eigenvalue weighted by Crippen LogP contribution is 2.23. The number of aromatic nitrogens is 1. The molecule has 0 aliphatic heterocycles. The summed E-state index contributed by atoms with van der Waals surface area (Å²) in [7, 11) is 4.11. The van der Waals surface area contributed by atoms with Gasteiger partial charge in [0.25, 0.3) is 0 Å². The molecule has 0 atom stereocenters. The SMILES string of the molecule is CN(CCOC(=O)Cc1cn(CCN(C)c2ccccc2)c2ccccc12)c1ccccc1. The molecule has 3 aromatic carbocycles. The van der Waals surface area contributed by atoms with Gasteiger partial charge in [0.1, 0.15) is 6.61 Å². The number of hydrogen-bond donors (Lipinski definition) is 0. The summed E-state index contributed by atoms with van der Waals surface area (Å²) in [4.78, 5) is 16.9. The average Bonchev–Trinajstić information content (AvgIpc) is 3.20. The van der Waals surface area contributed by atoms with Crippen molar-refractivity contribution in [1.82, 2.24) is 4.57 Å². The van der Waals surface area contributed by atoms with E-state index in [4.69, 9.17) is 4.74 Å². The summed E-state index contributed by atoms with van der Waals surface area (Å²) >= 11 is 0. The van der Waals surface area contributed by atoms with E-state index in [1.54, 1.807) is 0 Å². The molecule has 0 saturated carbocycles. The molecule has 1 aromatic heterocycles. The van der Waals surface area contributed by atoms with Gasteiger partial charge in [-0.3, -0.25) is 4.79 Å². The molecule has 0 N–H and O–H groups in total. The van der Waals surface area contributed by atoms with Crippen molar-refractivity contribution in [2.75, 3.05) is 43.6 Å². The molecule has 33 heavy (non-hydrogen) atoms. The van der Waals surface area contributed by atoms with Crippen molar-refractivity contribution in [1.29, 1.82) is 0 Å². The van der Waals surface area contributed by atoms with Crippen molar-refractivity contribution in [3.63, 3.8) is 0 Å². The van der Waals surface area contributed by atoms with Crippen LogP contribution in [0.15, 0.2) is 91.1 Å². The summed E-state index contributed by atoms with van der Waals surface area (Å²) in [6.45, 7) is 2.73. The second-order valence-electron chi connectivity index (χ2n) is 8.28. The summed E-state index contributed by atoms with van der Waals surface area (Å²) < 4.78 is 7.79. The molecule has 0 radical (unpaired) electrons. The molecule has 5 nitrogen and oxygen atoms in total. The zero-order valence-corrected chi connectivity index (χ0v) is 19.4. The number of rotatable bonds is 10. The van der Waals surface area contributed by atoms with Crippen LogP contribution in [0.1, 0.15) is 5.56 Å². The standard InChI is InChI=1S/C28H31N3O2/c1-29(24-11-5-3-6-12-24)17-18-31-22-23(26-15-9-10-16-27(26)31)21-28(32)33-20-19-30(2)25-13-7-4-8-14-25/h3-16,22H,17-21H2,1-2H3. The fourth-order valence-electron chi connectivity index (χ4n) is 4.03. The molecule has 0 bridgehead atoms. The monoisotopic (exact) mass is 441 g/mol. The van der Waals surface area contributed by atoms with Gasteiger partial charge < -0.3 is 19.1 Å². The number of nitrogens with zero attached hydrogens (tertiary/aromatic N) is 3. The van der Waals surface area contributed by atoms with Gasteiger partial charge in [-0.15, -0.1) is 0 Å². The van der Waals surface area contributed by atoms with Gasteiger partial charge in [0.2, 0.25) is 0 Å². The third-order valence-corrected chi connectivity index (χ3v) is 5.97. The molecule has 170 valence electrons. The Hall–Kier alpha value is -3.73. The van der Waals surface area contributed by atoms with Gasteiger partial charge in [0.15, 0.2) is 0 Å². The average molecular weight is 442 g/mol. The summed E-state index contributed by atoms with van der Waals surface area (Å²) in [5.41, 5.74) is 4.45. The third-order valence-electron chi connectivity index (χ3n) is 5.97. The minimum Gasteiger partial charge on any atom is -0.464 e. The van der Waals surface area contributed by atoms with Crippen LogP contribution in [0.3, 0.4) is 0 Å². The zero-order valence-electron chi connectivity index (χ0n) is 19.4. The van der Waals surface area contributed by atoms with E-state index in [2.05, 4.69) is 64.0 Å². The molecule has 4 rings (SSSR count). The Labute approximate surface area is 195 Å². The smallest absolute Gasteiger partial charge is 0.310 e. The summed E-state index contributed by atoms with van der Waals surface area (Å²) in [6.07, 6.45) is 2.37. The van der Waals surface area contributed by atoms with E-state index < -0.39 is 0 Å². The number of esters is 1. The number of ether oxygens (including phenoxy) is 1. The molecule has 0 unspecified atom stereocenters. The molecule has 0 saturated heterocycles. The number of likely N-dealkylation sites (N-methyl/N-ethyl adjacent to an activating group) is 2. The van der Waals surface area contributed by atoms with Crippen LogP contribution in [0.4, 0.5) is 11.4 Å². The predicted molar refractivity (Wildman–Crippen MR) is 136 cm³/mol. The normalized spacial score (nSPS) is 10.8. The fraction of sp³-hybridized carbons (Fsp3) is 0.250. The Morgan fingerprint density at radius 2 is 1.36 bits per heavy atom. The Balaban J connectivity index is 1.36. The number of carbonyl (C=O) groups excluding carboxylic acids is 1. The first-order valence-electron chi connectivity index (χ1n) is 11.4. The lowest BCUT2D eigenvalue weighted by atomic mass is 10.1. The van der Waals surface area contributed by atoms with E-state index in [0.717, 1.165) is 35.2 Å². The number of para-hydroxylation sites is 3. The van der Waals surface area contributed by atoms with E-state index in [1.807, 2.05) is 55.6 Å². The highest BCUT2D eigenvalue weighted by molar-refractivity contribution is 5.88. The lowest BCUT2D eigenvalue weighted by Crippen LogP contribution is -2.24. The van der Waals surface area contributed by atoms with Crippen LogP contribution < -0.4 is 9.80 Å². The van der Waals surface area contributed by atoms with Crippen molar-refractivity contribution < 1.29 is 9.53 Å². The van der Waals surface area contributed by atoms with Gasteiger partial charge >= 0.3 is 5.97 Å². The summed E-state index contributed by atoms with van der Waals surface area (Å²) in [5.74, 6) is -0.194.